The van der Waals surface area contributed by atoms with Crippen LogP contribution in [-0.4, -0.2) is 6.61 Å². The summed E-state index contributed by atoms with van der Waals surface area (Å²) < 4.78 is 34.4. The SMILES string of the molecule is C=CC1CCC(c2ccc(CCOC(F)(F)c3ccc(C4CCC(C=C)CC4)cc3)cc2)CC1. The van der Waals surface area contributed by atoms with Crippen molar-refractivity contribution in [1.82, 2.24) is 0 Å². The predicted octanol–water partition coefficient (Wildman–Crippen LogP) is 8.91. The first-order valence-corrected chi connectivity index (χ1v) is 12.9. The molecule has 0 saturated heterocycles. The van der Waals surface area contributed by atoms with Crippen molar-refractivity contribution in [1.29, 1.82) is 0 Å². The maximum Gasteiger partial charge on any atom is 0.383 e. The zero-order chi connectivity index (χ0) is 24.0. The third kappa shape index (κ3) is 6.24. The van der Waals surface area contributed by atoms with Gasteiger partial charge in [-0.25, -0.2) is 0 Å². The van der Waals surface area contributed by atoms with Gasteiger partial charge in [-0.05, 0) is 98.1 Å². The molecule has 0 spiro atoms. The largest absolute Gasteiger partial charge is 0.383 e. The van der Waals surface area contributed by atoms with Gasteiger partial charge in [0, 0.05) is 0 Å². The molecule has 2 aromatic carbocycles. The van der Waals surface area contributed by atoms with Gasteiger partial charge in [-0.15, -0.1) is 13.2 Å². The van der Waals surface area contributed by atoms with E-state index in [1.807, 2.05) is 18.2 Å². The van der Waals surface area contributed by atoms with Crippen LogP contribution in [0, 0.1) is 11.8 Å². The van der Waals surface area contributed by atoms with Crippen molar-refractivity contribution in [3.8, 4) is 0 Å². The van der Waals surface area contributed by atoms with Crippen LogP contribution in [0.1, 0.15) is 85.5 Å². The number of hydrogen-bond acceptors (Lipinski definition) is 1. The van der Waals surface area contributed by atoms with Crippen LogP contribution in [0.25, 0.3) is 0 Å². The van der Waals surface area contributed by atoms with Crippen molar-refractivity contribution in [2.45, 2.75) is 75.7 Å². The Hall–Kier alpha value is -2.26. The molecule has 0 radical (unpaired) electrons. The minimum absolute atomic E-state index is 0.00981. The van der Waals surface area contributed by atoms with Crippen LogP contribution >= 0.6 is 0 Å². The number of benzene rings is 2. The summed E-state index contributed by atoms with van der Waals surface area (Å²) in [6.07, 6.45) is 10.6. The number of alkyl halides is 2. The average molecular weight is 465 g/mol. The topological polar surface area (TPSA) is 9.23 Å². The molecule has 0 unspecified atom stereocenters. The highest BCUT2D eigenvalue weighted by atomic mass is 19.3. The van der Waals surface area contributed by atoms with Crippen LogP contribution in [-0.2, 0) is 17.3 Å². The van der Waals surface area contributed by atoms with Gasteiger partial charge >= 0.3 is 6.11 Å². The lowest BCUT2D eigenvalue weighted by Gasteiger charge is -2.27. The molecule has 4 rings (SSSR count). The van der Waals surface area contributed by atoms with E-state index in [9.17, 15) is 8.78 Å². The summed E-state index contributed by atoms with van der Waals surface area (Å²) in [6, 6.07) is 15.2. The molecule has 0 atom stereocenters. The van der Waals surface area contributed by atoms with E-state index >= 15 is 0 Å². The molecule has 0 N–H and O–H groups in total. The third-order valence-corrected chi connectivity index (χ3v) is 8.05. The Balaban J connectivity index is 1.25. The average Bonchev–Trinajstić information content (AvgIpc) is 2.89. The predicted molar refractivity (Wildman–Crippen MR) is 136 cm³/mol. The summed E-state index contributed by atoms with van der Waals surface area (Å²) in [5, 5.41) is 0. The molecular weight excluding hydrogens is 426 g/mol. The third-order valence-electron chi connectivity index (χ3n) is 8.05. The van der Waals surface area contributed by atoms with Crippen molar-refractivity contribution >= 4 is 0 Å². The van der Waals surface area contributed by atoms with Gasteiger partial charge < -0.3 is 4.74 Å². The van der Waals surface area contributed by atoms with E-state index < -0.39 is 6.11 Å². The summed E-state index contributed by atoms with van der Waals surface area (Å²) >= 11 is 0. The van der Waals surface area contributed by atoms with Gasteiger partial charge in [-0.2, -0.15) is 8.78 Å². The monoisotopic (exact) mass is 464 g/mol. The number of halogens is 2. The normalized spacial score (nSPS) is 25.6. The first kappa shape index (κ1) is 24.9. The minimum atomic E-state index is -3.28. The molecule has 0 heterocycles. The standard InChI is InChI=1S/C31H38F2O/c1-3-23-5-11-26(12-6-23)28-15-9-25(10-16-28)21-22-34-31(32,33)30-19-17-29(18-20-30)27-13-7-24(4-2)8-14-27/h3-4,9-10,15-20,23-24,26-27H,1-2,5-8,11-14,21-22H2. The summed E-state index contributed by atoms with van der Waals surface area (Å²) in [7, 11) is 0. The molecule has 2 aliphatic rings. The Labute approximate surface area is 203 Å². The van der Waals surface area contributed by atoms with E-state index in [0.29, 0.717) is 30.1 Å². The van der Waals surface area contributed by atoms with E-state index in [2.05, 4.69) is 43.5 Å². The molecule has 182 valence electrons. The van der Waals surface area contributed by atoms with Crippen LogP contribution in [0.5, 0.6) is 0 Å². The zero-order valence-electron chi connectivity index (χ0n) is 20.2. The fourth-order valence-corrected chi connectivity index (χ4v) is 5.66. The summed E-state index contributed by atoms with van der Waals surface area (Å²) in [5.41, 5.74) is 3.47. The smallest absolute Gasteiger partial charge is 0.316 e. The highest BCUT2D eigenvalue weighted by Gasteiger charge is 2.33. The van der Waals surface area contributed by atoms with E-state index in [4.69, 9.17) is 4.74 Å². The Morgan fingerprint density at radius 3 is 1.59 bits per heavy atom. The van der Waals surface area contributed by atoms with Crippen molar-refractivity contribution in [2.75, 3.05) is 6.61 Å². The van der Waals surface area contributed by atoms with Gasteiger partial charge in [0.15, 0.2) is 0 Å². The first-order valence-electron chi connectivity index (χ1n) is 12.9. The quantitative estimate of drug-likeness (QED) is 0.337. The Morgan fingerprint density at radius 2 is 1.15 bits per heavy atom. The molecule has 2 saturated carbocycles. The molecule has 2 aromatic rings. The Morgan fingerprint density at radius 1 is 0.706 bits per heavy atom. The van der Waals surface area contributed by atoms with Crippen molar-refractivity contribution in [3.05, 3.63) is 96.1 Å². The van der Waals surface area contributed by atoms with Crippen LogP contribution < -0.4 is 0 Å². The lowest BCUT2D eigenvalue weighted by Crippen LogP contribution is -2.20. The van der Waals surface area contributed by atoms with Crippen molar-refractivity contribution in [2.24, 2.45) is 11.8 Å². The van der Waals surface area contributed by atoms with Gasteiger partial charge in [-0.1, -0.05) is 60.7 Å². The summed E-state index contributed by atoms with van der Waals surface area (Å²) in [5.74, 6) is 2.32. The van der Waals surface area contributed by atoms with Crippen LogP contribution in [0.3, 0.4) is 0 Å². The van der Waals surface area contributed by atoms with Crippen LogP contribution in [0.15, 0.2) is 73.8 Å². The second kappa shape index (κ2) is 11.4. The van der Waals surface area contributed by atoms with Crippen molar-refractivity contribution in [3.63, 3.8) is 0 Å². The van der Waals surface area contributed by atoms with Gasteiger partial charge in [0.25, 0.3) is 0 Å². The molecule has 0 aliphatic heterocycles. The lowest BCUT2D eigenvalue weighted by atomic mass is 9.78. The van der Waals surface area contributed by atoms with E-state index in [1.165, 1.54) is 43.4 Å². The lowest BCUT2D eigenvalue weighted by molar-refractivity contribution is -0.248. The number of allylic oxidation sites excluding steroid dienone is 2. The molecule has 2 aliphatic carbocycles. The van der Waals surface area contributed by atoms with Gasteiger partial charge in [0.05, 0.1) is 12.2 Å². The Kier molecular flexibility index (Phi) is 8.37. The second-order valence-electron chi connectivity index (χ2n) is 10.2. The van der Waals surface area contributed by atoms with Gasteiger partial charge in [-0.3, -0.25) is 0 Å². The fourth-order valence-electron chi connectivity index (χ4n) is 5.66. The van der Waals surface area contributed by atoms with E-state index in [1.54, 1.807) is 0 Å². The fraction of sp³-hybridized carbons (Fsp3) is 0.484. The molecule has 0 aromatic heterocycles. The number of ether oxygens (including phenoxy) is 1. The summed E-state index contributed by atoms with van der Waals surface area (Å²) in [6.45, 7) is 7.80. The van der Waals surface area contributed by atoms with Gasteiger partial charge in [0.1, 0.15) is 0 Å². The van der Waals surface area contributed by atoms with E-state index in [0.717, 1.165) is 36.8 Å². The second-order valence-corrected chi connectivity index (χ2v) is 10.2. The van der Waals surface area contributed by atoms with Crippen LogP contribution in [0.4, 0.5) is 8.78 Å². The molecule has 0 bridgehead atoms. The molecule has 3 heteroatoms. The van der Waals surface area contributed by atoms with E-state index in [-0.39, 0.29) is 12.2 Å². The maximum absolute atomic E-state index is 14.7. The Bertz CT molecular complexity index is 915. The molecule has 34 heavy (non-hydrogen) atoms. The number of hydrogen-bond donors (Lipinski definition) is 0. The summed E-state index contributed by atoms with van der Waals surface area (Å²) in [4.78, 5) is 0. The highest BCUT2D eigenvalue weighted by Crippen LogP contribution is 2.38. The molecule has 0 amide bonds. The minimum Gasteiger partial charge on any atom is -0.316 e. The molecule has 2 fully saturated rings. The van der Waals surface area contributed by atoms with Crippen LogP contribution in [0.2, 0.25) is 0 Å². The molecular formula is C31H38F2O. The van der Waals surface area contributed by atoms with Gasteiger partial charge in [0.2, 0.25) is 0 Å². The van der Waals surface area contributed by atoms with Crippen molar-refractivity contribution < 1.29 is 13.5 Å². The highest BCUT2D eigenvalue weighted by molar-refractivity contribution is 5.28. The molecule has 1 nitrogen and oxygen atoms in total. The first-order chi connectivity index (χ1) is 16.5. The maximum atomic E-state index is 14.7. The zero-order valence-corrected chi connectivity index (χ0v) is 20.2. The number of rotatable bonds is 9.